The smallest absolute Gasteiger partial charge is 0.327 e. The van der Waals surface area contributed by atoms with Gasteiger partial charge in [0, 0.05) is 6.54 Å². The van der Waals surface area contributed by atoms with Crippen LogP contribution >= 0.6 is 0 Å². The minimum atomic E-state index is -0.586. The standard InChI is InChI=1S/C16H32N2O2/c1-5-14-9-8-11-18(12-10-14)13-16(4,17-6-2)15(19)20-7-3/h14,17H,5-13H2,1-4H3. The van der Waals surface area contributed by atoms with Gasteiger partial charge in [-0.25, -0.2) is 0 Å². The summed E-state index contributed by atoms with van der Waals surface area (Å²) in [5.74, 6) is 0.728. The van der Waals surface area contributed by atoms with E-state index in [4.69, 9.17) is 4.74 Å². The molecule has 1 rings (SSSR count). The molecule has 1 aliphatic rings. The number of nitrogens with one attached hydrogen (secondary N) is 1. The third kappa shape index (κ3) is 5.06. The summed E-state index contributed by atoms with van der Waals surface area (Å²) in [5.41, 5.74) is -0.586. The molecule has 4 heteroatoms. The second-order valence-electron chi connectivity index (χ2n) is 6.06. The van der Waals surface area contributed by atoms with Gasteiger partial charge in [0.1, 0.15) is 5.54 Å². The topological polar surface area (TPSA) is 41.6 Å². The average molecular weight is 284 g/mol. The summed E-state index contributed by atoms with van der Waals surface area (Å²) < 4.78 is 5.25. The van der Waals surface area contributed by atoms with Gasteiger partial charge in [0.2, 0.25) is 0 Å². The maximum Gasteiger partial charge on any atom is 0.327 e. The van der Waals surface area contributed by atoms with E-state index in [9.17, 15) is 4.79 Å². The van der Waals surface area contributed by atoms with Gasteiger partial charge in [0.25, 0.3) is 0 Å². The SMILES string of the molecule is CCNC(C)(CN1CCCC(CC)CC1)C(=O)OCC. The summed E-state index contributed by atoms with van der Waals surface area (Å²) >= 11 is 0. The van der Waals surface area contributed by atoms with E-state index in [2.05, 4.69) is 17.1 Å². The number of carbonyl (C=O) groups excluding carboxylic acids is 1. The Morgan fingerprint density at radius 2 is 2.05 bits per heavy atom. The Hall–Kier alpha value is -0.610. The zero-order valence-corrected chi connectivity index (χ0v) is 13.7. The highest BCUT2D eigenvalue weighted by Gasteiger charge is 2.36. The lowest BCUT2D eigenvalue weighted by molar-refractivity contribution is -0.151. The van der Waals surface area contributed by atoms with E-state index in [0.717, 1.165) is 32.1 Å². The molecule has 1 aliphatic heterocycles. The number of carbonyl (C=O) groups is 1. The van der Waals surface area contributed by atoms with Gasteiger partial charge >= 0.3 is 5.97 Å². The largest absolute Gasteiger partial charge is 0.465 e. The van der Waals surface area contributed by atoms with Crippen LogP contribution < -0.4 is 5.32 Å². The maximum atomic E-state index is 12.2. The van der Waals surface area contributed by atoms with Crippen molar-refractivity contribution < 1.29 is 9.53 Å². The Kier molecular flexibility index (Phi) is 7.52. The molecule has 0 amide bonds. The van der Waals surface area contributed by atoms with Crippen molar-refractivity contribution >= 4 is 5.97 Å². The van der Waals surface area contributed by atoms with Gasteiger partial charge in [0.05, 0.1) is 6.61 Å². The first-order chi connectivity index (χ1) is 9.55. The summed E-state index contributed by atoms with van der Waals surface area (Å²) in [6, 6.07) is 0. The van der Waals surface area contributed by atoms with Crippen LogP contribution in [-0.4, -0.2) is 49.2 Å². The van der Waals surface area contributed by atoms with Crippen molar-refractivity contribution in [2.45, 2.75) is 58.9 Å². The second-order valence-corrected chi connectivity index (χ2v) is 6.06. The zero-order valence-electron chi connectivity index (χ0n) is 13.7. The van der Waals surface area contributed by atoms with Gasteiger partial charge in [-0.1, -0.05) is 20.3 Å². The molecule has 0 aliphatic carbocycles. The average Bonchev–Trinajstić information content (AvgIpc) is 2.64. The van der Waals surface area contributed by atoms with E-state index < -0.39 is 5.54 Å². The molecule has 0 radical (unpaired) electrons. The third-order valence-corrected chi connectivity index (χ3v) is 4.35. The fourth-order valence-corrected chi connectivity index (χ4v) is 3.11. The molecular formula is C16H32N2O2. The van der Waals surface area contributed by atoms with Crippen molar-refractivity contribution in [1.82, 2.24) is 10.2 Å². The highest BCUT2D eigenvalue weighted by Crippen LogP contribution is 2.21. The van der Waals surface area contributed by atoms with Crippen LogP contribution in [0.15, 0.2) is 0 Å². The van der Waals surface area contributed by atoms with Crippen LogP contribution in [0, 0.1) is 5.92 Å². The van der Waals surface area contributed by atoms with Crippen molar-refractivity contribution in [3.05, 3.63) is 0 Å². The molecule has 2 atom stereocenters. The number of ether oxygens (including phenoxy) is 1. The lowest BCUT2D eigenvalue weighted by atomic mass is 9.98. The van der Waals surface area contributed by atoms with Gasteiger partial charge in [-0.2, -0.15) is 0 Å². The number of hydrogen-bond donors (Lipinski definition) is 1. The minimum absolute atomic E-state index is 0.127. The van der Waals surface area contributed by atoms with Crippen LogP contribution in [0.2, 0.25) is 0 Å². The van der Waals surface area contributed by atoms with Gasteiger partial charge in [-0.05, 0) is 58.7 Å². The molecule has 118 valence electrons. The molecule has 0 aromatic carbocycles. The lowest BCUT2D eigenvalue weighted by Crippen LogP contribution is -2.57. The predicted octanol–water partition coefficient (Wildman–Crippen LogP) is 2.43. The molecular weight excluding hydrogens is 252 g/mol. The van der Waals surface area contributed by atoms with E-state index in [1.807, 2.05) is 20.8 Å². The minimum Gasteiger partial charge on any atom is -0.465 e. The lowest BCUT2D eigenvalue weighted by Gasteiger charge is -2.33. The maximum absolute atomic E-state index is 12.2. The molecule has 0 bridgehead atoms. The third-order valence-electron chi connectivity index (χ3n) is 4.35. The highest BCUT2D eigenvalue weighted by molar-refractivity contribution is 5.80. The van der Waals surface area contributed by atoms with Gasteiger partial charge in [-0.3, -0.25) is 4.79 Å². The Balaban J connectivity index is 2.62. The summed E-state index contributed by atoms with van der Waals surface area (Å²) in [7, 11) is 0. The fourth-order valence-electron chi connectivity index (χ4n) is 3.11. The molecule has 4 nitrogen and oxygen atoms in total. The number of likely N-dealkylation sites (tertiary alicyclic amines) is 1. The number of rotatable bonds is 7. The van der Waals surface area contributed by atoms with E-state index >= 15 is 0 Å². The molecule has 0 saturated carbocycles. The Labute approximate surface area is 124 Å². The molecule has 20 heavy (non-hydrogen) atoms. The Morgan fingerprint density at radius 1 is 1.30 bits per heavy atom. The highest BCUT2D eigenvalue weighted by atomic mass is 16.5. The molecule has 1 saturated heterocycles. The summed E-state index contributed by atoms with van der Waals surface area (Å²) in [5, 5.41) is 3.32. The summed E-state index contributed by atoms with van der Waals surface area (Å²) in [4.78, 5) is 14.6. The van der Waals surface area contributed by atoms with Gasteiger partial charge in [-0.15, -0.1) is 0 Å². The van der Waals surface area contributed by atoms with Gasteiger partial charge < -0.3 is 15.0 Å². The normalized spacial score (nSPS) is 23.9. The van der Waals surface area contributed by atoms with Crippen molar-refractivity contribution in [2.75, 3.05) is 32.8 Å². The summed E-state index contributed by atoms with van der Waals surface area (Å²) in [6.45, 7) is 12.3. The molecule has 2 unspecified atom stereocenters. The van der Waals surface area contributed by atoms with Crippen molar-refractivity contribution in [1.29, 1.82) is 0 Å². The van der Waals surface area contributed by atoms with Crippen LogP contribution in [0.4, 0.5) is 0 Å². The van der Waals surface area contributed by atoms with E-state index in [1.54, 1.807) is 0 Å². The van der Waals surface area contributed by atoms with Gasteiger partial charge in [0.15, 0.2) is 0 Å². The van der Waals surface area contributed by atoms with E-state index in [0.29, 0.717) is 6.61 Å². The van der Waals surface area contributed by atoms with Crippen LogP contribution in [0.5, 0.6) is 0 Å². The summed E-state index contributed by atoms with van der Waals surface area (Å²) in [6.07, 6.45) is 5.09. The van der Waals surface area contributed by atoms with Crippen molar-refractivity contribution in [3.8, 4) is 0 Å². The molecule has 0 spiro atoms. The number of nitrogens with zero attached hydrogens (tertiary/aromatic N) is 1. The van der Waals surface area contributed by atoms with Crippen LogP contribution in [-0.2, 0) is 9.53 Å². The number of hydrogen-bond acceptors (Lipinski definition) is 4. The number of likely N-dealkylation sites (N-methyl/N-ethyl adjacent to an activating group) is 1. The van der Waals surface area contributed by atoms with Crippen LogP contribution in [0.1, 0.15) is 53.4 Å². The molecule has 0 aromatic heterocycles. The van der Waals surface area contributed by atoms with E-state index in [-0.39, 0.29) is 5.97 Å². The van der Waals surface area contributed by atoms with E-state index in [1.165, 1.54) is 25.7 Å². The fraction of sp³-hybridized carbons (Fsp3) is 0.938. The first-order valence-electron chi connectivity index (χ1n) is 8.20. The van der Waals surface area contributed by atoms with Crippen LogP contribution in [0.25, 0.3) is 0 Å². The molecule has 1 N–H and O–H groups in total. The number of esters is 1. The molecule has 1 heterocycles. The van der Waals surface area contributed by atoms with Crippen molar-refractivity contribution in [2.24, 2.45) is 5.92 Å². The monoisotopic (exact) mass is 284 g/mol. The zero-order chi connectivity index (χ0) is 15.0. The Morgan fingerprint density at radius 3 is 2.65 bits per heavy atom. The molecule has 0 aromatic rings. The van der Waals surface area contributed by atoms with Crippen LogP contribution in [0.3, 0.4) is 0 Å². The molecule has 1 fully saturated rings. The predicted molar refractivity (Wildman–Crippen MR) is 82.8 cm³/mol. The van der Waals surface area contributed by atoms with Crippen molar-refractivity contribution in [3.63, 3.8) is 0 Å². The second kappa shape index (κ2) is 8.63. The quantitative estimate of drug-likeness (QED) is 0.729. The Bertz CT molecular complexity index is 296. The first-order valence-corrected chi connectivity index (χ1v) is 8.20. The first kappa shape index (κ1) is 17.4.